The normalized spacial score (nSPS) is 10.8. The van der Waals surface area contributed by atoms with Crippen LogP contribution in [0.25, 0.3) is 24.3 Å². The Morgan fingerprint density at radius 1 is 0.400 bits per heavy atom. The van der Waals surface area contributed by atoms with Crippen molar-refractivity contribution in [3.05, 3.63) is 131 Å². The highest BCUT2D eigenvalue weighted by Gasteiger charge is 1.92. The van der Waals surface area contributed by atoms with Crippen LogP contribution in [0.15, 0.2) is 97.6 Å². The Kier molecular flexibility index (Phi) is 6.25. The Morgan fingerprint density at radius 3 is 1.03 bits per heavy atom. The van der Waals surface area contributed by atoms with E-state index in [-0.39, 0.29) is 0 Å². The van der Waals surface area contributed by atoms with Gasteiger partial charge >= 0.3 is 0 Å². The molecule has 0 amide bonds. The van der Waals surface area contributed by atoms with Crippen LogP contribution in [-0.2, 0) is 0 Å². The predicted octanol–water partition coefficient (Wildman–Crippen LogP) is 6.22. The fourth-order valence-electron chi connectivity index (χ4n) is 2.83. The second-order valence-electron chi connectivity index (χ2n) is 6.72. The van der Waals surface area contributed by atoms with Crippen molar-refractivity contribution in [1.82, 2.24) is 9.97 Å². The van der Waals surface area contributed by atoms with Gasteiger partial charge in [0.15, 0.2) is 0 Å². The van der Waals surface area contributed by atoms with E-state index in [0.29, 0.717) is 0 Å². The van der Waals surface area contributed by atoms with Gasteiger partial charge in [0, 0.05) is 35.9 Å². The van der Waals surface area contributed by atoms with Gasteiger partial charge in [-0.1, -0.05) is 60.4 Å². The zero-order chi connectivity index (χ0) is 20.4. The van der Waals surface area contributed by atoms with Gasteiger partial charge in [0.05, 0.1) is 0 Å². The molecule has 0 unspecified atom stereocenters. The van der Waals surface area contributed by atoms with E-state index in [9.17, 15) is 0 Å². The molecule has 2 aromatic heterocycles. The molecular weight excluding hydrogens is 364 g/mol. The molecule has 0 saturated heterocycles. The molecule has 0 saturated carbocycles. The summed E-state index contributed by atoms with van der Waals surface area (Å²) >= 11 is 0. The summed E-state index contributed by atoms with van der Waals surface area (Å²) in [5.74, 6) is 6.46. The third-order valence-electron chi connectivity index (χ3n) is 4.52. The fraction of sp³-hybridized carbons (Fsp3) is 0. The molecule has 30 heavy (non-hydrogen) atoms. The van der Waals surface area contributed by atoms with Crippen molar-refractivity contribution < 1.29 is 0 Å². The van der Waals surface area contributed by atoms with Crippen LogP contribution in [0.4, 0.5) is 0 Å². The summed E-state index contributed by atoms with van der Waals surface area (Å²) in [6.07, 6.45) is 15.5. The van der Waals surface area contributed by atoms with Gasteiger partial charge in [-0.3, -0.25) is 9.97 Å². The van der Waals surface area contributed by atoms with Crippen molar-refractivity contribution in [1.29, 1.82) is 0 Å². The van der Waals surface area contributed by atoms with Gasteiger partial charge in [0.2, 0.25) is 0 Å². The van der Waals surface area contributed by atoms with Gasteiger partial charge in [-0.2, -0.15) is 0 Å². The zero-order valence-electron chi connectivity index (χ0n) is 16.4. The number of aromatic nitrogens is 2. The smallest absolute Gasteiger partial charge is 0.0273 e. The lowest BCUT2D eigenvalue weighted by Crippen LogP contribution is -1.79. The maximum absolute atomic E-state index is 4.03. The van der Waals surface area contributed by atoms with E-state index in [0.717, 1.165) is 33.4 Å². The van der Waals surface area contributed by atoms with E-state index in [1.54, 1.807) is 24.8 Å². The molecule has 0 atom stereocenters. The van der Waals surface area contributed by atoms with Gasteiger partial charge in [-0.15, -0.1) is 0 Å². The van der Waals surface area contributed by atoms with Crippen LogP contribution in [0.1, 0.15) is 33.4 Å². The Balaban J connectivity index is 1.38. The molecule has 0 bridgehead atoms. The highest BCUT2D eigenvalue weighted by molar-refractivity contribution is 5.70. The first-order valence-electron chi connectivity index (χ1n) is 9.73. The van der Waals surface area contributed by atoms with Crippen LogP contribution in [0.2, 0.25) is 0 Å². The van der Waals surface area contributed by atoms with E-state index in [2.05, 4.69) is 70.4 Å². The van der Waals surface area contributed by atoms with Crippen molar-refractivity contribution in [2.24, 2.45) is 0 Å². The second-order valence-corrected chi connectivity index (χ2v) is 6.72. The number of benzene rings is 2. The first kappa shape index (κ1) is 19.1. The van der Waals surface area contributed by atoms with Crippen LogP contribution >= 0.6 is 0 Å². The molecule has 2 heteroatoms. The zero-order valence-corrected chi connectivity index (χ0v) is 16.4. The molecule has 0 spiro atoms. The number of hydrogen-bond acceptors (Lipinski definition) is 2. The molecule has 2 aromatic carbocycles. The minimum atomic E-state index is 0.998. The van der Waals surface area contributed by atoms with Gasteiger partial charge in [0.1, 0.15) is 0 Å². The highest BCUT2D eigenvalue weighted by Crippen LogP contribution is 2.11. The second kappa shape index (κ2) is 9.82. The minimum Gasteiger partial charge on any atom is -0.265 e. The minimum absolute atomic E-state index is 0.998. The molecule has 4 rings (SSSR count). The number of nitrogens with zero attached hydrogens (tertiary/aromatic N) is 2. The molecule has 142 valence electrons. The lowest BCUT2D eigenvalue weighted by molar-refractivity contribution is 1.32. The summed E-state index contributed by atoms with van der Waals surface area (Å²) in [5.41, 5.74) is 6.54. The van der Waals surface area contributed by atoms with Gasteiger partial charge in [0.25, 0.3) is 0 Å². The number of rotatable bonds is 4. The van der Waals surface area contributed by atoms with Crippen LogP contribution in [0.5, 0.6) is 0 Å². The summed E-state index contributed by atoms with van der Waals surface area (Å²) in [6.45, 7) is 0. The van der Waals surface area contributed by atoms with E-state index in [4.69, 9.17) is 0 Å². The monoisotopic (exact) mass is 384 g/mol. The van der Waals surface area contributed by atoms with Crippen molar-refractivity contribution >= 4 is 24.3 Å². The topological polar surface area (TPSA) is 25.8 Å². The van der Waals surface area contributed by atoms with Crippen molar-refractivity contribution in [3.8, 4) is 11.8 Å². The molecule has 0 radical (unpaired) electrons. The van der Waals surface area contributed by atoms with E-state index < -0.39 is 0 Å². The van der Waals surface area contributed by atoms with E-state index >= 15 is 0 Å². The Labute approximate surface area is 177 Å². The van der Waals surface area contributed by atoms with Crippen molar-refractivity contribution in [2.45, 2.75) is 0 Å². The molecule has 2 heterocycles. The van der Waals surface area contributed by atoms with Crippen LogP contribution < -0.4 is 0 Å². The number of pyridine rings is 2. The van der Waals surface area contributed by atoms with Crippen LogP contribution in [-0.4, -0.2) is 9.97 Å². The van der Waals surface area contributed by atoms with Crippen LogP contribution in [0, 0.1) is 11.8 Å². The molecule has 0 aliphatic rings. The van der Waals surface area contributed by atoms with Gasteiger partial charge < -0.3 is 0 Å². The van der Waals surface area contributed by atoms with E-state index in [1.165, 1.54) is 0 Å². The molecule has 2 nitrogen and oxygen atoms in total. The molecule has 0 aliphatic heterocycles. The summed E-state index contributed by atoms with van der Waals surface area (Å²) in [5, 5.41) is 0. The van der Waals surface area contributed by atoms with E-state index in [1.807, 2.05) is 48.5 Å². The Morgan fingerprint density at radius 2 is 0.700 bits per heavy atom. The Hall–Kier alpha value is -4.22. The molecular formula is C28H20N2. The van der Waals surface area contributed by atoms with Crippen LogP contribution in [0.3, 0.4) is 0 Å². The standard InChI is InChI=1S/C28H20N2/c1(23-3-7-25(8-4-23)11-13-27-15-19-29-20-16-27)2-24-5-9-26(10-6-24)12-14-28-17-21-30-22-18-28/h3-22H/b13-11+,14-12+. The molecule has 0 fully saturated rings. The quantitative estimate of drug-likeness (QED) is 0.391. The summed E-state index contributed by atoms with van der Waals surface area (Å²) in [4.78, 5) is 8.06. The summed E-state index contributed by atoms with van der Waals surface area (Å²) in [6, 6.07) is 24.4. The van der Waals surface area contributed by atoms with Crippen molar-refractivity contribution in [2.75, 3.05) is 0 Å². The first-order chi connectivity index (χ1) is 14.8. The number of hydrogen-bond donors (Lipinski definition) is 0. The molecule has 0 aliphatic carbocycles. The average molecular weight is 384 g/mol. The first-order valence-corrected chi connectivity index (χ1v) is 9.73. The van der Waals surface area contributed by atoms with Gasteiger partial charge in [-0.05, 0) is 70.8 Å². The lowest BCUT2D eigenvalue weighted by atomic mass is 10.1. The average Bonchev–Trinajstić information content (AvgIpc) is 2.83. The molecule has 0 N–H and O–H groups in total. The fourth-order valence-corrected chi connectivity index (χ4v) is 2.83. The maximum atomic E-state index is 4.03. The third kappa shape index (κ3) is 5.64. The highest BCUT2D eigenvalue weighted by atomic mass is 14.6. The summed E-state index contributed by atoms with van der Waals surface area (Å²) in [7, 11) is 0. The lowest BCUT2D eigenvalue weighted by Gasteiger charge is -1.96. The third-order valence-corrected chi connectivity index (χ3v) is 4.52. The van der Waals surface area contributed by atoms with Crippen molar-refractivity contribution in [3.63, 3.8) is 0 Å². The summed E-state index contributed by atoms with van der Waals surface area (Å²) < 4.78 is 0. The molecule has 4 aromatic rings. The maximum Gasteiger partial charge on any atom is 0.0273 e. The Bertz CT molecular complexity index is 1100. The largest absolute Gasteiger partial charge is 0.265 e. The van der Waals surface area contributed by atoms with Gasteiger partial charge in [-0.25, -0.2) is 0 Å². The predicted molar refractivity (Wildman–Crippen MR) is 125 cm³/mol. The SMILES string of the molecule is C(#Cc1ccc(/C=C/c2ccncc2)cc1)c1ccc(/C=C/c2ccncc2)cc1.